The summed E-state index contributed by atoms with van der Waals surface area (Å²) in [6, 6.07) is 5.91. The SMILES string of the molecule is Nc1cnccc1SCC(=O)NCCc1cccs1. The van der Waals surface area contributed by atoms with E-state index >= 15 is 0 Å². The third-order valence-corrected chi connectivity index (χ3v) is 4.47. The van der Waals surface area contributed by atoms with Crippen molar-refractivity contribution in [1.29, 1.82) is 0 Å². The molecule has 3 N–H and O–H groups in total. The molecule has 0 saturated heterocycles. The van der Waals surface area contributed by atoms with Gasteiger partial charge in [0.15, 0.2) is 0 Å². The zero-order chi connectivity index (χ0) is 13.5. The number of carbonyl (C=O) groups is 1. The van der Waals surface area contributed by atoms with Crippen LogP contribution in [0.2, 0.25) is 0 Å². The largest absolute Gasteiger partial charge is 0.397 e. The van der Waals surface area contributed by atoms with E-state index in [2.05, 4.69) is 16.4 Å². The standard InChI is InChI=1S/C13H15N3OS2/c14-11-8-15-5-4-12(11)19-9-13(17)16-6-3-10-2-1-7-18-10/h1-2,4-5,7-8H,3,6,9,14H2,(H,16,17). The Kier molecular flexibility index (Phi) is 5.23. The Morgan fingerprint density at radius 3 is 3.11 bits per heavy atom. The second kappa shape index (κ2) is 7.16. The number of pyridine rings is 1. The zero-order valence-electron chi connectivity index (χ0n) is 10.3. The summed E-state index contributed by atoms with van der Waals surface area (Å²) in [5.74, 6) is 0.399. The number of nitrogens with two attached hydrogens (primary N) is 1. The van der Waals surface area contributed by atoms with Gasteiger partial charge >= 0.3 is 0 Å². The second-order valence-electron chi connectivity index (χ2n) is 3.88. The van der Waals surface area contributed by atoms with Crippen LogP contribution in [0.4, 0.5) is 5.69 Å². The normalized spacial score (nSPS) is 10.3. The van der Waals surface area contributed by atoms with Gasteiger partial charge in [0, 0.05) is 22.5 Å². The van der Waals surface area contributed by atoms with Crippen molar-refractivity contribution in [2.75, 3.05) is 18.0 Å². The molecule has 0 aliphatic carbocycles. The Morgan fingerprint density at radius 1 is 1.47 bits per heavy atom. The van der Waals surface area contributed by atoms with Gasteiger partial charge in [-0.05, 0) is 23.9 Å². The number of nitrogen functional groups attached to an aromatic ring is 1. The fraction of sp³-hybridized carbons (Fsp3) is 0.231. The first-order valence-corrected chi connectivity index (χ1v) is 7.73. The number of carbonyl (C=O) groups excluding carboxylic acids is 1. The molecule has 0 unspecified atom stereocenters. The Labute approximate surface area is 120 Å². The van der Waals surface area contributed by atoms with Crippen LogP contribution in [0.15, 0.2) is 40.9 Å². The average Bonchev–Trinajstić information content (AvgIpc) is 2.91. The molecule has 0 radical (unpaired) electrons. The lowest BCUT2D eigenvalue weighted by Gasteiger charge is -2.05. The van der Waals surface area contributed by atoms with Crippen LogP contribution in [-0.2, 0) is 11.2 Å². The van der Waals surface area contributed by atoms with E-state index < -0.39 is 0 Å². The molecule has 0 aromatic carbocycles. The molecule has 2 aromatic rings. The van der Waals surface area contributed by atoms with Crippen LogP contribution in [0.1, 0.15) is 4.88 Å². The van der Waals surface area contributed by atoms with E-state index in [-0.39, 0.29) is 5.91 Å². The molecule has 0 aliphatic rings. The maximum atomic E-state index is 11.7. The summed E-state index contributed by atoms with van der Waals surface area (Å²) in [7, 11) is 0. The minimum atomic E-state index is 0.0257. The van der Waals surface area contributed by atoms with Crippen molar-refractivity contribution in [3.8, 4) is 0 Å². The summed E-state index contributed by atoms with van der Waals surface area (Å²) in [5.41, 5.74) is 6.37. The number of aromatic nitrogens is 1. The summed E-state index contributed by atoms with van der Waals surface area (Å²) >= 11 is 3.14. The molecule has 6 heteroatoms. The van der Waals surface area contributed by atoms with Crippen molar-refractivity contribution in [2.24, 2.45) is 0 Å². The molecule has 2 rings (SSSR count). The Hall–Kier alpha value is -1.53. The predicted octanol–water partition coefficient (Wildman–Crippen LogP) is 2.18. The zero-order valence-corrected chi connectivity index (χ0v) is 12.0. The quantitative estimate of drug-likeness (QED) is 0.801. The summed E-state index contributed by atoms with van der Waals surface area (Å²) in [4.78, 5) is 17.8. The van der Waals surface area contributed by atoms with Crippen LogP contribution in [0.25, 0.3) is 0 Å². The van der Waals surface area contributed by atoms with Gasteiger partial charge in [-0.25, -0.2) is 0 Å². The number of nitrogens with zero attached hydrogens (tertiary/aromatic N) is 1. The highest BCUT2D eigenvalue weighted by Gasteiger charge is 2.05. The minimum absolute atomic E-state index is 0.0257. The van der Waals surface area contributed by atoms with E-state index in [1.165, 1.54) is 16.6 Å². The molecular formula is C13H15N3OS2. The van der Waals surface area contributed by atoms with Crippen LogP contribution < -0.4 is 11.1 Å². The van der Waals surface area contributed by atoms with E-state index in [1.54, 1.807) is 23.7 Å². The van der Waals surface area contributed by atoms with Crippen molar-refractivity contribution in [3.05, 3.63) is 40.8 Å². The molecule has 19 heavy (non-hydrogen) atoms. The Bertz CT molecular complexity index is 528. The van der Waals surface area contributed by atoms with Crippen molar-refractivity contribution in [2.45, 2.75) is 11.3 Å². The number of thioether (sulfide) groups is 1. The summed E-state index contributed by atoms with van der Waals surface area (Å²) < 4.78 is 0. The molecule has 1 amide bonds. The number of hydrogen-bond donors (Lipinski definition) is 2. The van der Waals surface area contributed by atoms with Crippen molar-refractivity contribution in [1.82, 2.24) is 10.3 Å². The lowest BCUT2D eigenvalue weighted by atomic mass is 10.3. The second-order valence-corrected chi connectivity index (χ2v) is 5.93. The van der Waals surface area contributed by atoms with Gasteiger partial charge in [0.1, 0.15) is 0 Å². The molecule has 2 heterocycles. The van der Waals surface area contributed by atoms with E-state index in [9.17, 15) is 4.79 Å². The molecular weight excluding hydrogens is 278 g/mol. The van der Waals surface area contributed by atoms with E-state index in [1.807, 2.05) is 17.5 Å². The number of thiophene rings is 1. The van der Waals surface area contributed by atoms with Gasteiger partial charge in [0.25, 0.3) is 0 Å². The average molecular weight is 293 g/mol. The summed E-state index contributed by atoms with van der Waals surface area (Å²) in [5, 5.41) is 4.94. The van der Waals surface area contributed by atoms with E-state index in [0.29, 0.717) is 18.0 Å². The molecule has 4 nitrogen and oxygen atoms in total. The highest BCUT2D eigenvalue weighted by Crippen LogP contribution is 2.22. The number of anilines is 1. The van der Waals surface area contributed by atoms with Gasteiger partial charge in [-0.3, -0.25) is 9.78 Å². The lowest BCUT2D eigenvalue weighted by Crippen LogP contribution is -2.27. The first-order chi connectivity index (χ1) is 9.25. The first-order valence-electron chi connectivity index (χ1n) is 5.87. The molecule has 0 saturated carbocycles. The van der Waals surface area contributed by atoms with E-state index in [0.717, 1.165) is 11.3 Å². The van der Waals surface area contributed by atoms with Crippen LogP contribution in [0.3, 0.4) is 0 Å². The highest BCUT2D eigenvalue weighted by molar-refractivity contribution is 8.00. The van der Waals surface area contributed by atoms with Crippen LogP contribution in [0.5, 0.6) is 0 Å². The molecule has 0 fully saturated rings. The van der Waals surface area contributed by atoms with Crippen molar-refractivity contribution < 1.29 is 4.79 Å². The van der Waals surface area contributed by atoms with Crippen LogP contribution >= 0.6 is 23.1 Å². The molecule has 0 spiro atoms. The maximum absolute atomic E-state index is 11.7. The summed E-state index contributed by atoms with van der Waals surface area (Å²) in [6.07, 6.45) is 4.15. The molecule has 2 aromatic heterocycles. The monoisotopic (exact) mass is 293 g/mol. The Morgan fingerprint density at radius 2 is 2.37 bits per heavy atom. The summed E-state index contributed by atoms with van der Waals surface area (Å²) in [6.45, 7) is 0.672. The minimum Gasteiger partial charge on any atom is -0.397 e. The van der Waals surface area contributed by atoms with Gasteiger partial charge in [0.05, 0.1) is 17.6 Å². The Balaban J connectivity index is 1.69. The van der Waals surface area contributed by atoms with Gasteiger partial charge in [0.2, 0.25) is 5.91 Å². The molecule has 100 valence electrons. The predicted molar refractivity (Wildman–Crippen MR) is 80.4 cm³/mol. The molecule has 0 atom stereocenters. The third-order valence-electron chi connectivity index (χ3n) is 2.44. The van der Waals surface area contributed by atoms with Gasteiger partial charge in [-0.2, -0.15) is 0 Å². The van der Waals surface area contributed by atoms with Crippen LogP contribution in [-0.4, -0.2) is 23.2 Å². The number of hydrogen-bond acceptors (Lipinski definition) is 5. The smallest absolute Gasteiger partial charge is 0.230 e. The maximum Gasteiger partial charge on any atom is 0.230 e. The fourth-order valence-electron chi connectivity index (χ4n) is 1.50. The van der Waals surface area contributed by atoms with Gasteiger partial charge < -0.3 is 11.1 Å². The number of amides is 1. The van der Waals surface area contributed by atoms with Crippen molar-refractivity contribution >= 4 is 34.7 Å². The van der Waals surface area contributed by atoms with Gasteiger partial charge in [-0.1, -0.05) is 6.07 Å². The van der Waals surface area contributed by atoms with Crippen molar-refractivity contribution in [3.63, 3.8) is 0 Å². The third kappa shape index (κ3) is 4.57. The first kappa shape index (κ1) is 13.9. The van der Waals surface area contributed by atoms with Crippen LogP contribution in [0, 0.1) is 0 Å². The number of nitrogens with one attached hydrogen (secondary N) is 1. The highest BCUT2D eigenvalue weighted by atomic mass is 32.2. The van der Waals surface area contributed by atoms with E-state index in [4.69, 9.17) is 5.73 Å². The number of rotatable bonds is 6. The lowest BCUT2D eigenvalue weighted by molar-refractivity contribution is -0.118. The fourth-order valence-corrected chi connectivity index (χ4v) is 2.97. The topological polar surface area (TPSA) is 68.0 Å². The molecule has 0 aliphatic heterocycles. The van der Waals surface area contributed by atoms with Gasteiger partial charge in [-0.15, -0.1) is 23.1 Å². The molecule has 0 bridgehead atoms.